The minimum absolute atomic E-state index is 0.0210. The molecule has 3 rings (SSSR count). The van der Waals surface area contributed by atoms with Crippen LogP contribution in [0.3, 0.4) is 0 Å². The second kappa shape index (κ2) is 6.92. The van der Waals surface area contributed by atoms with Gasteiger partial charge in [0.1, 0.15) is 5.75 Å². The lowest BCUT2D eigenvalue weighted by molar-refractivity contribution is 0.585. The summed E-state index contributed by atoms with van der Waals surface area (Å²) < 4.78 is 26.5. The molecule has 124 valence electrons. The summed E-state index contributed by atoms with van der Waals surface area (Å²) in [4.78, 5) is 0. The molecular formula is C17H18N4O2S. The lowest BCUT2D eigenvalue weighted by Gasteiger charge is -2.07. The molecule has 3 aromatic rings. The maximum absolute atomic E-state index is 12.5. The molecule has 0 N–H and O–H groups in total. The molecule has 1 aromatic heterocycles. The van der Waals surface area contributed by atoms with Crippen LogP contribution in [0.15, 0.2) is 54.6 Å². The van der Waals surface area contributed by atoms with E-state index in [1.807, 2.05) is 61.5 Å². The first-order valence-electron chi connectivity index (χ1n) is 7.57. The predicted octanol–water partition coefficient (Wildman–Crippen LogP) is 2.14. The number of hydrogen-bond donors (Lipinski definition) is 0. The molecule has 0 atom stereocenters. The molecule has 6 nitrogen and oxygen atoms in total. The van der Waals surface area contributed by atoms with Crippen molar-refractivity contribution in [1.29, 1.82) is 0 Å². The van der Waals surface area contributed by atoms with E-state index in [4.69, 9.17) is 0 Å². The van der Waals surface area contributed by atoms with Crippen molar-refractivity contribution in [2.45, 2.75) is 25.0 Å². The lowest BCUT2D eigenvalue weighted by Crippen LogP contribution is -2.14. The van der Waals surface area contributed by atoms with Gasteiger partial charge in [0.15, 0.2) is 15.7 Å². The molecule has 0 aliphatic rings. The quantitative estimate of drug-likeness (QED) is 0.686. The number of aromatic nitrogens is 4. The topological polar surface area (TPSA) is 77.7 Å². The first kappa shape index (κ1) is 16.3. The highest BCUT2D eigenvalue weighted by molar-refractivity contribution is 7.89. The summed E-state index contributed by atoms with van der Waals surface area (Å²) in [6, 6.07) is 17.2. The third-order valence-corrected chi connectivity index (χ3v) is 5.07. The van der Waals surface area contributed by atoms with E-state index in [0.29, 0.717) is 12.4 Å². The van der Waals surface area contributed by atoms with Gasteiger partial charge in [-0.05, 0) is 28.5 Å². The average molecular weight is 342 g/mol. The Labute approximate surface area is 141 Å². The van der Waals surface area contributed by atoms with Gasteiger partial charge in [0.25, 0.3) is 0 Å². The van der Waals surface area contributed by atoms with Gasteiger partial charge < -0.3 is 0 Å². The van der Waals surface area contributed by atoms with Crippen LogP contribution >= 0.6 is 0 Å². The number of rotatable bonds is 6. The van der Waals surface area contributed by atoms with Gasteiger partial charge in [0.05, 0.1) is 12.3 Å². The van der Waals surface area contributed by atoms with E-state index in [0.717, 1.165) is 16.7 Å². The van der Waals surface area contributed by atoms with Gasteiger partial charge in [-0.15, -0.1) is 5.10 Å². The Balaban J connectivity index is 1.75. The number of hydrogen-bond acceptors (Lipinski definition) is 5. The molecule has 0 radical (unpaired) electrons. The van der Waals surface area contributed by atoms with E-state index in [-0.39, 0.29) is 11.5 Å². The zero-order valence-corrected chi connectivity index (χ0v) is 14.1. The third kappa shape index (κ3) is 4.26. The Kier molecular flexibility index (Phi) is 4.71. The first-order valence-corrected chi connectivity index (χ1v) is 9.39. The summed E-state index contributed by atoms with van der Waals surface area (Å²) in [7, 11) is -3.35. The van der Waals surface area contributed by atoms with Crippen LogP contribution in [0.25, 0.3) is 0 Å². The highest BCUT2D eigenvalue weighted by Gasteiger charge is 2.18. The molecule has 0 fully saturated rings. The standard InChI is InChI=1S/C17H18N4O2S/c1-14-6-5-9-16(10-14)12-24(22,23)13-17-18-19-20-21(17)11-15-7-3-2-4-8-15/h2-10H,11-13H2,1H3. The van der Waals surface area contributed by atoms with E-state index < -0.39 is 9.84 Å². The molecule has 24 heavy (non-hydrogen) atoms. The van der Waals surface area contributed by atoms with Crippen molar-refractivity contribution in [2.75, 3.05) is 0 Å². The second-order valence-corrected chi connectivity index (χ2v) is 7.82. The lowest BCUT2D eigenvalue weighted by atomic mass is 10.2. The Morgan fingerprint density at radius 2 is 1.71 bits per heavy atom. The Morgan fingerprint density at radius 1 is 0.958 bits per heavy atom. The molecule has 7 heteroatoms. The summed E-state index contributed by atoms with van der Waals surface area (Å²) >= 11 is 0. The number of nitrogens with zero attached hydrogens (tertiary/aromatic N) is 4. The molecule has 0 aliphatic carbocycles. The van der Waals surface area contributed by atoms with Gasteiger partial charge in [-0.2, -0.15) is 0 Å². The van der Waals surface area contributed by atoms with Gasteiger partial charge in [-0.1, -0.05) is 60.2 Å². The summed E-state index contributed by atoms with van der Waals surface area (Å²) in [5.74, 6) is 0.153. The monoisotopic (exact) mass is 342 g/mol. The van der Waals surface area contributed by atoms with Crippen LogP contribution < -0.4 is 0 Å². The van der Waals surface area contributed by atoms with Crippen LogP contribution in [0, 0.1) is 6.92 Å². The zero-order chi connectivity index (χ0) is 17.0. The molecule has 0 bridgehead atoms. The molecule has 1 heterocycles. The number of aryl methyl sites for hydroxylation is 1. The van der Waals surface area contributed by atoms with Crippen molar-refractivity contribution in [1.82, 2.24) is 20.2 Å². The minimum Gasteiger partial charge on any atom is -0.228 e. The summed E-state index contributed by atoms with van der Waals surface area (Å²) in [5.41, 5.74) is 2.83. The van der Waals surface area contributed by atoms with Gasteiger partial charge in [-0.25, -0.2) is 13.1 Å². The normalized spacial score (nSPS) is 11.5. The molecule has 0 unspecified atom stereocenters. The van der Waals surface area contributed by atoms with E-state index >= 15 is 0 Å². The van der Waals surface area contributed by atoms with Crippen molar-refractivity contribution < 1.29 is 8.42 Å². The van der Waals surface area contributed by atoms with Crippen LogP contribution in [0.2, 0.25) is 0 Å². The Hall–Kier alpha value is -2.54. The van der Waals surface area contributed by atoms with Crippen molar-refractivity contribution >= 4 is 9.84 Å². The molecule has 0 amide bonds. The largest absolute Gasteiger partial charge is 0.228 e. The van der Waals surface area contributed by atoms with E-state index in [2.05, 4.69) is 15.5 Å². The van der Waals surface area contributed by atoms with Crippen LogP contribution in [-0.4, -0.2) is 28.6 Å². The number of benzene rings is 2. The van der Waals surface area contributed by atoms with Crippen molar-refractivity contribution in [3.63, 3.8) is 0 Å². The fraction of sp³-hybridized carbons (Fsp3) is 0.235. The SMILES string of the molecule is Cc1cccc(CS(=O)(=O)Cc2nnnn2Cc2ccccc2)c1. The van der Waals surface area contributed by atoms with Crippen molar-refractivity contribution in [2.24, 2.45) is 0 Å². The Morgan fingerprint density at radius 3 is 2.46 bits per heavy atom. The van der Waals surface area contributed by atoms with Crippen LogP contribution in [-0.2, 0) is 27.9 Å². The smallest absolute Gasteiger partial charge is 0.166 e. The van der Waals surface area contributed by atoms with Crippen LogP contribution in [0.5, 0.6) is 0 Å². The van der Waals surface area contributed by atoms with E-state index in [9.17, 15) is 8.42 Å². The molecule has 0 saturated heterocycles. The fourth-order valence-corrected chi connectivity index (χ4v) is 3.90. The second-order valence-electron chi connectivity index (χ2n) is 5.76. The summed E-state index contributed by atoms with van der Waals surface area (Å²) in [5, 5.41) is 11.4. The summed E-state index contributed by atoms with van der Waals surface area (Å²) in [6.45, 7) is 2.39. The van der Waals surface area contributed by atoms with E-state index in [1.165, 1.54) is 4.68 Å². The highest BCUT2D eigenvalue weighted by Crippen LogP contribution is 2.13. The minimum atomic E-state index is -3.35. The van der Waals surface area contributed by atoms with Gasteiger partial charge in [-0.3, -0.25) is 0 Å². The van der Waals surface area contributed by atoms with Gasteiger partial charge in [0, 0.05) is 0 Å². The van der Waals surface area contributed by atoms with Gasteiger partial charge in [0.2, 0.25) is 0 Å². The zero-order valence-electron chi connectivity index (χ0n) is 13.3. The maximum Gasteiger partial charge on any atom is 0.166 e. The third-order valence-electron chi connectivity index (χ3n) is 3.60. The molecule has 2 aromatic carbocycles. The fourth-order valence-electron chi connectivity index (χ4n) is 2.51. The van der Waals surface area contributed by atoms with Gasteiger partial charge >= 0.3 is 0 Å². The van der Waals surface area contributed by atoms with Crippen molar-refractivity contribution in [3.8, 4) is 0 Å². The maximum atomic E-state index is 12.5. The molecule has 0 aliphatic heterocycles. The summed E-state index contributed by atoms with van der Waals surface area (Å²) in [6.07, 6.45) is 0. The van der Waals surface area contributed by atoms with Crippen molar-refractivity contribution in [3.05, 3.63) is 77.1 Å². The van der Waals surface area contributed by atoms with Crippen LogP contribution in [0.4, 0.5) is 0 Å². The predicted molar refractivity (Wildman–Crippen MR) is 90.9 cm³/mol. The Bertz CT molecular complexity index is 921. The highest BCUT2D eigenvalue weighted by atomic mass is 32.2. The first-order chi connectivity index (χ1) is 11.5. The van der Waals surface area contributed by atoms with Crippen LogP contribution in [0.1, 0.15) is 22.5 Å². The molecule has 0 saturated carbocycles. The van der Waals surface area contributed by atoms with E-state index in [1.54, 1.807) is 0 Å². The average Bonchev–Trinajstić information content (AvgIpc) is 2.94. The number of sulfone groups is 1. The number of tetrazole rings is 1. The molecular weight excluding hydrogens is 324 g/mol. The molecule has 0 spiro atoms.